The highest BCUT2D eigenvalue weighted by Crippen LogP contribution is 2.23. The van der Waals surface area contributed by atoms with Gasteiger partial charge in [0.25, 0.3) is 5.91 Å². The number of rotatable bonds is 6. The summed E-state index contributed by atoms with van der Waals surface area (Å²) < 4.78 is 0. The van der Waals surface area contributed by atoms with Crippen LogP contribution in [-0.4, -0.2) is 32.8 Å². The summed E-state index contributed by atoms with van der Waals surface area (Å²) in [7, 11) is 0. The third-order valence-corrected chi connectivity index (χ3v) is 5.66. The first kappa shape index (κ1) is 20.4. The number of benzene rings is 3. The fourth-order valence-electron chi connectivity index (χ4n) is 4.01. The van der Waals surface area contributed by atoms with E-state index in [-0.39, 0.29) is 0 Å². The molecule has 0 saturated heterocycles. The quantitative estimate of drug-likeness (QED) is 0.378. The van der Waals surface area contributed by atoms with Gasteiger partial charge >= 0.3 is 0 Å². The molecule has 2 amide bonds. The molecule has 0 bridgehead atoms. The van der Waals surface area contributed by atoms with Gasteiger partial charge in [-0.15, -0.1) is 0 Å². The molecule has 4 N–H and O–H groups in total. The molecule has 0 spiro atoms. The van der Waals surface area contributed by atoms with Gasteiger partial charge in [-0.05, 0) is 40.6 Å². The fraction of sp³-hybridized carbons (Fsp3) is 0.0769. The van der Waals surface area contributed by atoms with Crippen molar-refractivity contribution in [3.05, 3.63) is 96.3 Å². The maximum atomic E-state index is 13.2. The van der Waals surface area contributed by atoms with Crippen molar-refractivity contribution in [3.63, 3.8) is 0 Å². The molecule has 5 aromatic rings. The van der Waals surface area contributed by atoms with Crippen molar-refractivity contribution in [1.82, 2.24) is 20.3 Å². The molecule has 2 aromatic heterocycles. The van der Waals surface area contributed by atoms with Crippen molar-refractivity contribution in [2.75, 3.05) is 0 Å². The minimum atomic E-state index is -0.864. The molecule has 7 nitrogen and oxygen atoms in total. The van der Waals surface area contributed by atoms with Crippen LogP contribution in [0, 0.1) is 0 Å². The molecule has 0 aliphatic heterocycles. The van der Waals surface area contributed by atoms with Gasteiger partial charge in [-0.2, -0.15) is 0 Å². The van der Waals surface area contributed by atoms with Crippen LogP contribution < -0.4 is 11.1 Å². The molecule has 0 aliphatic carbocycles. The summed E-state index contributed by atoms with van der Waals surface area (Å²) in [5, 5.41) is 4.90. The van der Waals surface area contributed by atoms with Crippen molar-refractivity contribution in [1.29, 1.82) is 0 Å². The van der Waals surface area contributed by atoms with E-state index in [2.05, 4.69) is 20.3 Å². The van der Waals surface area contributed by atoms with Gasteiger partial charge in [0.15, 0.2) is 0 Å². The Balaban J connectivity index is 1.45. The third kappa shape index (κ3) is 4.04. The van der Waals surface area contributed by atoms with Crippen LogP contribution in [0.4, 0.5) is 0 Å². The summed E-state index contributed by atoms with van der Waals surface area (Å²) in [5.74, 6) is -0.366. The number of para-hydroxylation sites is 1. The highest BCUT2D eigenvalue weighted by atomic mass is 16.2. The van der Waals surface area contributed by atoms with E-state index in [0.717, 1.165) is 27.4 Å². The molecule has 0 unspecified atom stereocenters. The number of imidazole rings is 1. The second-order valence-corrected chi connectivity index (χ2v) is 7.79. The first-order valence-electron chi connectivity index (χ1n) is 10.6. The van der Waals surface area contributed by atoms with Crippen LogP contribution in [0.3, 0.4) is 0 Å². The lowest BCUT2D eigenvalue weighted by atomic mass is 9.98. The number of primary amides is 1. The van der Waals surface area contributed by atoms with E-state index in [1.807, 2.05) is 60.7 Å². The molecule has 33 heavy (non-hydrogen) atoms. The average Bonchev–Trinajstić information content (AvgIpc) is 3.29. The van der Waals surface area contributed by atoms with Gasteiger partial charge in [0.1, 0.15) is 17.4 Å². The second kappa shape index (κ2) is 8.55. The number of carbonyl (C=O) groups excluding carboxylic acids is 2. The Hall–Kier alpha value is -4.52. The highest BCUT2D eigenvalue weighted by Gasteiger charge is 2.22. The van der Waals surface area contributed by atoms with Crippen molar-refractivity contribution < 1.29 is 9.59 Å². The standard InChI is InChI=1S/C26H21N5O2/c27-24(32)22(15-18-7-3-6-16-5-1-2-8-19(16)18)30-26(33)20-9-4-10-21-23(20)31-25(29-21)17-11-13-28-14-12-17/h1-14,22H,15H2,(H2,27,32)(H,29,31)(H,30,33)/t22-/m0/s1. The first-order chi connectivity index (χ1) is 16.1. The number of nitrogens with two attached hydrogens (primary N) is 1. The van der Waals surface area contributed by atoms with Gasteiger partial charge in [-0.3, -0.25) is 14.6 Å². The number of aromatic nitrogens is 3. The lowest BCUT2D eigenvalue weighted by molar-refractivity contribution is -0.119. The summed E-state index contributed by atoms with van der Waals surface area (Å²) in [5.41, 5.74) is 9.08. The van der Waals surface area contributed by atoms with Gasteiger partial charge < -0.3 is 16.0 Å². The molecular formula is C26H21N5O2. The van der Waals surface area contributed by atoms with Crippen LogP contribution >= 0.6 is 0 Å². The molecule has 3 aromatic carbocycles. The summed E-state index contributed by atoms with van der Waals surface area (Å²) in [6.07, 6.45) is 3.66. The Morgan fingerprint density at radius 1 is 0.939 bits per heavy atom. The van der Waals surface area contributed by atoms with Gasteiger partial charge in [0, 0.05) is 24.4 Å². The van der Waals surface area contributed by atoms with E-state index in [1.165, 1.54) is 0 Å². The molecule has 7 heteroatoms. The lowest BCUT2D eigenvalue weighted by Crippen LogP contribution is -2.45. The predicted octanol–water partition coefficient (Wildman–Crippen LogP) is 3.60. The second-order valence-electron chi connectivity index (χ2n) is 7.79. The zero-order chi connectivity index (χ0) is 22.8. The van der Waals surface area contributed by atoms with E-state index in [9.17, 15) is 9.59 Å². The summed E-state index contributed by atoms with van der Waals surface area (Å²) in [4.78, 5) is 37.3. The number of amides is 2. The van der Waals surface area contributed by atoms with Crippen molar-refractivity contribution in [3.8, 4) is 11.4 Å². The molecule has 0 aliphatic rings. The minimum Gasteiger partial charge on any atom is -0.368 e. The number of aromatic amines is 1. The molecule has 0 saturated carbocycles. The summed E-state index contributed by atoms with van der Waals surface area (Å²) in [6, 6.07) is 21.9. The molecule has 162 valence electrons. The number of nitrogens with one attached hydrogen (secondary N) is 2. The van der Waals surface area contributed by atoms with E-state index in [0.29, 0.717) is 23.3 Å². The largest absolute Gasteiger partial charge is 0.368 e. The molecular weight excluding hydrogens is 414 g/mol. The number of nitrogens with zero attached hydrogens (tertiary/aromatic N) is 2. The fourth-order valence-corrected chi connectivity index (χ4v) is 4.01. The number of carbonyl (C=O) groups is 2. The number of pyridine rings is 1. The Labute approximate surface area is 189 Å². The molecule has 2 heterocycles. The van der Waals surface area contributed by atoms with Gasteiger partial charge in [0.2, 0.25) is 5.91 Å². The zero-order valence-electron chi connectivity index (χ0n) is 17.7. The SMILES string of the molecule is NC(=O)[C@H](Cc1cccc2ccccc12)NC(=O)c1cccc2[nH]c(-c3ccncc3)nc12. The van der Waals surface area contributed by atoms with E-state index >= 15 is 0 Å². The highest BCUT2D eigenvalue weighted by molar-refractivity contribution is 6.06. The van der Waals surface area contributed by atoms with Crippen LogP contribution in [0.2, 0.25) is 0 Å². The van der Waals surface area contributed by atoms with Crippen LogP contribution in [-0.2, 0) is 11.2 Å². The Morgan fingerprint density at radius 2 is 1.70 bits per heavy atom. The third-order valence-electron chi connectivity index (χ3n) is 5.66. The van der Waals surface area contributed by atoms with Crippen LogP contribution in [0.15, 0.2) is 85.2 Å². The predicted molar refractivity (Wildman–Crippen MR) is 127 cm³/mol. The van der Waals surface area contributed by atoms with E-state index < -0.39 is 17.9 Å². The number of H-pyrrole nitrogens is 1. The zero-order valence-corrected chi connectivity index (χ0v) is 17.7. The van der Waals surface area contributed by atoms with Crippen LogP contribution in [0.25, 0.3) is 33.2 Å². The van der Waals surface area contributed by atoms with Crippen LogP contribution in [0.5, 0.6) is 0 Å². The maximum absolute atomic E-state index is 13.2. The number of fused-ring (bicyclic) bond motifs is 2. The number of hydrogen-bond acceptors (Lipinski definition) is 4. The van der Waals surface area contributed by atoms with E-state index in [4.69, 9.17) is 5.73 Å². The van der Waals surface area contributed by atoms with Crippen molar-refractivity contribution in [2.24, 2.45) is 5.73 Å². The Bertz CT molecular complexity index is 1470. The average molecular weight is 435 g/mol. The van der Waals surface area contributed by atoms with Crippen molar-refractivity contribution in [2.45, 2.75) is 12.5 Å². The Kier molecular flexibility index (Phi) is 5.28. The van der Waals surface area contributed by atoms with Gasteiger partial charge in [-0.1, -0.05) is 48.5 Å². The van der Waals surface area contributed by atoms with Crippen LogP contribution in [0.1, 0.15) is 15.9 Å². The topological polar surface area (TPSA) is 114 Å². The maximum Gasteiger partial charge on any atom is 0.254 e. The summed E-state index contributed by atoms with van der Waals surface area (Å²) >= 11 is 0. The first-order valence-corrected chi connectivity index (χ1v) is 10.6. The Morgan fingerprint density at radius 3 is 2.52 bits per heavy atom. The van der Waals surface area contributed by atoms with Gasteiger partial charge in [-0.25, -0.2) is 4.98 Å². The molecule has 0 radical (unpaired) electrons. The summed E-state index contributed by atoms with van der Waals surface area (Å²) in [6.45, 7) is 0. The minimum absolute atomic E-state index is 0.293. The van der Waals surface area contributed by atoms with Crippen molar-refractivity contribution >= 4 is 33.6 Å². The number of hydrogen-bond donors (Lipinski definition) is 3. The monoisotopic (exact) mass is 435 g/mol. The normalized spacial score (nSPS) is 12.0. The smallest absolute Gasteiger partial charge is 0.254 e. The van der Waals surface area contributed by atoms with E-state index in [1.54, 1.807) is 24.5 Å². The molecule has 1 atom stereocenters. The molecule has 5 rings (SSSR count). The van der Waals surface area contributed by atoms with Gasteiger partial charge in [0.05, 0.1) is 11.1 Å². The lowest BCUT2D eigenvalue weighted by Gasteiger charge is -2.17. The molecule has 0 fully saturated rings.